The predicted octanol–water partition coefficient (Wildman–Crippen LogP) is 1.93. The molecule has 0 aliphatic carbocycles. The minimum Gasteiger partial charge on any atom is -0.481 e. The van der Waals surface area contributed by atoms with Crippen LogP contribution in [0.3, 0.4) is 0 Å². The van der Waals surface area contributed by atoms with Gasteiger partial charge in [-0.05, 0) is 31.1 Å². The van der Waals surface area contributed by atoms with Gasteiger partial charge in [0.05, 0.1) is 0 Å². The zero-order valence-electron chi connectivity index (χ0n) is 11.3. The van der Waals surface area contributed by atoms with Gasteiger partial charge in [-0.25, -0.2) is 4.79 Å². The first-order chi connectivity index (χ1) is 8.49. The van der Waals surface area contributed by atoms with E-state index in [9.17, 15) is 9.59 Å². The molecule has 0 aromatic carbocycles. The van der Waals surface area contributed by atoms with Crippen LogP contribution in [0.25, 0.3) is 0 Å². The lowest BCUT2D eigenvalue weighted by molar-refractivity contribution is -0.137. The van der Waals surface area contributed by atoms with Crippen LogP contribution in [0, 0.1) is 11.8 Å². The van der Waals surface area contributed by atoms with Crippen molar-refractivity contribution in [1.82, 2.24) is 10.2 Å². The summed E-state index contributed by atoms with van der Waals surface area (Å²) in [4.78, 5) is 24.1. The Kier molecular flexibility index (Phi) is 5.95. The maximum absolute atomic E-state index is 11.8. The lowest BCUT2D eigenvalue weighted by Gasteiger charge is -2.30. The third-order valence-corrected chi connectivity index (χ3v) is 3.52. The fraction of sp³-hybridized carbons (Fsp3) is 0.846. The summed E-state index contributed by atoms with van der Waals surface area (Å²) in [5, 5.41) is 11.5. The van der Waals surface area contributed by atoms with Crippen molar-refractivity contribution in [2.24, 2.45) is 11.8 Å². The smallest absolute Gasteiger partial charge is 0.317 e. The van der Waals surface area contributed by atoms with Gasteiger partial charge in [0, 0.05) is 26.1 Å². The van der Waals surface area contributed by atoms with Crippen molar-refractivity contribution in [1.29, 1.82) is 0 Å². The van der Waals surface area contributed by atoms with E-state index in [4.69, 9.17) is 5.11 Å². The molecule has 1 saturated heterocycles. The molecule has 2 N–H and O–H groups in total. The number of rotatable bonds is 5. The number of urea groups is 1. The highest BCUT2D eigenvalue weighted by Crippen LogP contribution is 2.15. The number of hydrogen-bond acceptors (Lipinski definition) is 2. The van der Waals surface area contributed by atoms with Crippen molar-refractivity contribution >= 4 is 12.0 Å². The van der Waals surface area contributed by atoms with Crippen molar-refractivity contribution in [3.05, 3.63) is 0 Å². The van der Waals surface area contributed by atoms with Gasteiger partial charge in [0.15, 0.2) is 0 Å². The van der Waals surface area contributed by atoms with Crippen molar-refractivity contribution in [3.8, 4) is 0 Å². The molecule has 5 nitrogen and oxygen atoms in total. The van der Waals surface area contributed by atoms with Crippen LogP contribution < -0.4 is 5.32 Å². The minimum atomic E-state index is -0.779. The van der Waals surface area contributed by atoms with Gasteiger partial charge in [-0.1, -0.05) is 13.8 Å². The molecule has 1 aliphatic rings. The molecule has 1 atom stereocenters. The summed E-state index contributed by atoms with van der Waals surface area (Å²) in [5.74, 6) is 0.135. The number of carboxylic acids is 1. The van der Waals surface area contributed by atoms with E-state index in [-0.39, 0.29) is 18.4 Å². The number of carbonyl (C=O) groups excluding carboxylic acids is 1. The maximum Gasteiger partial charge on any atom is 0.317 e. The SMILES string of the molecule is CC1CCN(C(=O)NCC(C)CCC(=O)O)CC1. The fourth-order valence-electron chi connectivity index (χ4n) is 2.06. The van der Waals surface area contributed by atoms with Crippen molar-refractivity contribution in [2.45, 2.75) is 39.5 Å². The molecule has 1 fully saturated rings. The number of amides is 2. The third-order valence-electron chi connectivity index (χ3n) is 3.52. The van der Waals surface area contributed by atoms with E-state index in [0.717, 1.165) is 25.9 Å². The van der Waals surface area contributed by atoms with E-state index in [0.29, 0.717) is 18.9 Å². The van der Waals surface area contributed by atoms with Gasteiger partial charge in [-0.3, -0.25) is 4.79 Å². The van der Waals surface area contributed by atoms with E-state index in [1.165, 1.54) is 0 Å². The summed E-state index contributed by atoms with van der Waals surface area (Å²) in [6.45, 7) is 6.38. The highest BCUT2D eigenvalue weighted by atomic mass is 16.4. The Balaban J connectivity index is 2.18. The summed E-state index contributed by atoms with van der Waals surface area (Å²) in [5.41, 5.74) is 0. The average Bonchev–Trinajstić information content (AvgIpc) is 2.34. The average molecular weight is 256 g/mol. The number of aliphatic carboxylic acids is 1. The molecule has 0 radical (unpaired) electrons. The summed E-state index contributed by atoms with van der Waals surface area (Å²) in [6.07, 6.45) is 2.91. The van der Waals surface area contributed by atoms with Crippen LogP contribution in [0.4, 0.5) is 4.79 Å². The number of hydrogen-bond donors (Lipinski definition) is 2. The quantitative estimate of drug-likeness (QED) is 0.789. The Labute approximate surface area is 109 Å². The zero-order chi connectivity index (χ0) is 13.5. The topological polar surface area (TPSA) is 69.6 Å². The number of carbonyl (C=O) groups is 2. The lowest BCUT2D eigenvalue weighted by atomic mass is 9.99. The van der Waals surface area contributed by atoms with Gasteiger partial charge in [0.1, 0.15) is 0 Å². The zero-order valence-corrected chi connectivity index (χ0v) is 11.3. The van der Waals surface area contributed by atoms with Gasteiger partial charge >= 0.3 is 12.0 Å². The Bertz CT molecular complexity index is 286. The Morgan fingerprint density at radius 2 is 2.00 bits per heavy atom. The van der Waals surface area contributed by atoms with Crippen molar-refractivity contribution in [2.75, 3.05) is 19.6 Å². The molecule has 1 aliphatic heterocycles. The van der Waals surface area contributed by atoms with Gasteiger partial charge < -0.3 is 15.3 Å². The Morgan fingerprint density at radius 1 is 1.39 bits per heavy atom. The maximum atomic E-state index is 11.8. The third kappa shape index (κ3) is 5.38. The van der Waals surface area contributed by atoms with Crippen LogP contribution in [0.15, 0.2) is 0 Å². The van der Waals surface area contributed by atoms with Crippen LogP contribution in [-0.4, -0.2) is 41.6 Å². The van der Waals surface area contributed by atoms with Crippen LogP contribution in [-0.2, 0) is 4.79 Å². The fourth-order valence-corrected chi connectivity index (χ4v) is 2.06. The largest absolute Gasteiger partial charge is 0.481 e. The van der Waals surface area contributed by atoms with E-state index in [1.807, 2.05) is 11.8 Å². The molecule has 0 bridgehead atoms. The first-order valence-electron chi connectivity index (χ1n) is 6.73. The van der Waals surface area contributed by atoms with Gasteiger partial charge in [-0.15, -0.1) is 0 Å². The molecule has 104 valence electrons. The second-order valence-electron chi connectivity index (χ2n) is 5.39. The molecule has 1 rings (SSSR count). The van der Waals surface area contributed by atoms with Gasteiger partial charge in [0.2, 0.25) is 0 Å². The molecule has 0 saturated carbocycles. The van der Waals surface area contributed by atoms with Gasteiger partial charge in [-0.2, -0.15) is 0 Å². The minimum absolute atomic E-state index is 0.0101. The molecule has 0 aromatic rings. The van der Waals surface area contributed by atoms with E-state index in [2.05, 4.69) is 12.2 Å². The van der Waals surface area contributed by atoms with Crippen molar-refractivity contribution in [3.63, 3.8) is 0 Å². The van der Waals surface area contributed by atoms with Crippen LogP contribution >= 0.6 is 0 Å². The Hall–Kier alpha value is -1.26. The highest BCUT2D eigenvalue weighted by Gasteiger charge is 2.20. The normalized spacial score (nSPS) is 18.4. The Morgan fingerprint density at radius 3 is 2.56 bits per heavy atom. The first kappa shape index (κ1) is 14.8. The van der Waals surface area contributed by atoms with Gasteiger partial charge in [0.25, 0.3) is 0 Å². The van der Waals surface area contributed by atoms with Crippen LogP contribution in [0.2, 0.25) is 0 Å². The number of nitrogens with one attached hydrogen (secondary N) is 1. The predicted molar refractivity (Wildman–Crippen MR) is 69.4 cm³/mol. The summed E-state index contributed by atoms with van der Waals surface area (Å²) < 4.78 is 0. The van der Waals surface area contributed by atoms with Crippen LogP contribution in [0.1, 0.15) is 39.5 Å². The molecule has 1 heterocycles. The molecular formula is C13H24N2O3. The summed E-state index contributed by atoms with van der Waals surface area (Å²) >= 11 is 0. The molecule has 1 unspecified atom stereocenters. The van der Waals surface area contributed by atoms with Crippen molar-refractivity contribution < 1.29 is 14.7 Å². The molecule has 18 heavy (non-hydrogen) atoms. The second kappa shape index (κ2) is 7.24. The van der Waals surface area contributed by atoms with E-state index in [1.54, 1.807) is 0 Å². The summed E-state index contributed by atoms with van der Waals surface area (Å²) in [7, 11) is 0. The second-order valence-corrected chi connectivity index (χ2v) is 5.39. The number of carboxylic acid groups (broad SMARTS) is 1. The number of nitrogens with zero attached hydrogens (tertiary/aromatic N) is 1. The molecule has 0 spiro atoms. The molecule has 5 heteroatoms. The first-order valence-corrected chi connectivity index (χ1v) is 6.73. The standard InChI is InChI=1S/C13H24N2O3/c1-10-5-7-15(8-6-10)13(18)14-9-11(2)3-4-12(16)17/h10-11H,3-9H2,1-2H3,(H,14,18)(H,16,17). The number of likely N-dealkylation sites (tertiary alicyclic amines) is 1. The van der Waals surface area contributed by atoms with Crippen LogP contribution in [0.5, 0.6) is 0 Å². The molecule has 2 amide bonds. The molecule has 0 aromatic heterocycles. The molecular weight excluding hydrogens is 232 g/mol. The van der Waals surface area contributed by atoms with E-state index < -0.39 is 5.97 Å². The number of piperidine rings is 1. The lowest BCUT2D eigenvalue weighted by Crippen LogP contribution is -2.45. The monoisotopic (exact) mass is 256 g/mol. The highest BCUT2D eigenvalue weighted by molar-refractivity contribution is 5.74. The van der Waals surface area contributed by atoms with E-state index >= 15 is 0 Å². The summed E-state index contributed by atoms with van der Waals surface area (Å²) in [6, 6.07) is -0.0101.